The third-order valence-electron chi connectivity index (χ3n) is 8.50. The van der Waals surface area contributed by atoms with Crippen molar-refractivity contribution in [1.29, 1.82) is 0 Å². The first-order valence-corrected chi connectivity index (χ1v) is 18.8. The van der Waals surface area contributed by atoms with Crippen molar-refractivity contribution in [1.82, 2.24) is 24.4 Å². The first-order chi connectivity index (χ1) is 22.7. The second kappa shape index (κ2) is 16.3. The summed E-state index contributed by atoms with van der Waals surface area (Å²) in [6.07, 6.45) is -0.584. The highest BCUT2D eigenvalue weighted by Gasteiger charge is 2.40. The molecule has 3 atom stereocenters. The molecule has 1 aromatic heterocycles. The van der Waals surface area contributed by atoms with Crippen LogP contribution in [0.1, 0.15) is 56.4 Å². The zero-order chi connectivity index (χ0) is 35.2. The predicted octanol–water partition coefficient (Wildman–Crippen LogP) is 4.42. The molecule has 0 spiro atoms. The normalized spacial score (nSPS) is 15.8. The van der Waals surface area contributed by atoms with E-state index in [1.165, 1.54) is 33.8 Å². The van der Waals surface area contributed by atoms with Crippen LogP contribution >= 0.6 is 11.3 Å². The number of amides is 3. The average molecular weight is 700 g/mol. The van der Waals surface area contributed by atoms with E-state index in [0.717, 1.165) is 16.3 Å². The zero-order valence-corrected chi connectivity index (χ0v) is 30.3. The molecular weight excluding hydrogens is 651 g/mol. The van der Waals surface area contributed by atoms with Crippen molar-refractivity contribution >= 4 is 33.3 Å². The third-order valence-corrected chi connectivity index (χ3v) is 11.2. The van der Waals surface area contributed by atoms with Gasteiger partial charge in [0.25, 0.3) is 0 Å². The van der Waals surface area contributed by atoms with Gasteiger partial charge in [0.15, 0.2) is 0 Å². The Balaban J connectivity index is 1.58. The fourth-order valence-electron chi connectivity index (χ4n) is 6.07. The molecule has 1 fully saturated rings. The lowest BCUT2D eigenvalue weighted by molar-refractivity contribution is -0.128. The average Bonchev–Trinajstić information content (AvgIpc) is 3.61. The van der Waals surface area contributed by atoms with E-state index < -0.39 is 34.1 Å². The molecule has 13 heteroatoms. The maximum atomic E-state index is 14.1. The summed E-state index contributed by atoms with van der Waals surface area (Å²) >= 11 is 1.52. The predicted molar refractivity (Wildman–Crippen MR) is 187 cm³/mol. The molecule has 2 aromatic carbocycles. The van der Waals surface area contributed by atoms with E-state index in [0.29, 0.717) is 31.6 Å². The summed E-state index contributed by atoms with van der Waals surface area (Å²) in [6, 6.07) is 11.7. The molecule has 48 heavy (non-hydrogen) atoms. The van der Waals surface area contributed by atoms with Gasteiger partial charge in [0.05, 0.1) is 34.3 Å². The number of hydrogen-bond acceptors (Lipinski definition) is 8. The van der Waals surface area contributed by atoms with Gasteiger partial charge in [0, 0.05) is 31.6 Å². The number of aliphatic hydroxyl groups excluding tert-OH is 1. The molecule has 3 amide bonds. The molecule has 1 unspecified atom stereocenters. The van der Waals surface area contributed by atoms with Crippen molar-refractivity contribution < 1.29 is 28.2 Å². The van der Waals surface area contributed by atoms with Crippen molar-refractivity contribution in [2.45, 2.75) is 84.0 Å². The van der Waals surface area contributed by atoms with Gasteiger partial charge in [-0.3, -0.25) is 4.79 Å². The number of sulfonamides is 1. The largest absolute Gasteiger partial charge is 0.508 e. The minimum absolute atomic E-state index is 0.0232. The monoisotopic (exact) mass is 699 g/mol. The van der Waals surface area contributed by atoms with Crippen LogP contribution < -0.4 is 5.32 Å². The number of phenols is 1. The molecule has 2 heterocycles. The van der Waals surface area contributed by atoms with Crippen LogP contribution in [0.2, 0.25) is 0 Å². The molecule has 3 aromatic rings. The van der Waals surface area contributed by atoms with Gasteiger partial charge in [0.2, 0.25) is 15.9 Å². The van der Waals surface area contributed by atoms with Crippen molar-refractivity contribution in [3.63, 3.8) is 0 Å². The lowest BCUT2D eigenvalue weighted by atomic mass is 9.97. The standard InChI is InChI=1S/C35H49N5O6S2/c1-7-27-18-29(13-14-31(27)41)48(45,46)39(19-23(2)3)21-32(42)30(17-26-11-9-8-10-12-26)37-34(43)33(24(4)5)40-16-15-38(35(40)44)20-28-22-47-25(6)36-28/h8-14,18,22-24,30,32-33,41-42H,7,15-17,19-21H2,1-6H3,(H,37,43)/t30-,32+,33?/m0/s1. The number of aromatic hydroxyl groups is 1. The van der Waals surface area contributed by atoms with Crippen LogP contribution in [0.5, 0.6) is 5.75 Å². The molecule has 262 valence electrons. The highest BCUT2D eigenvalue weighted by atomic mass is 32.2. The number of phenolic OH excluding ortho intramolecular Hbond substituents is 1. The highest BCUT2D eigenvalue weighted by Crippen LogP contribution is 2.26. The van der Waals surface area contributed by atoms with E-state index in [2.05, 4.69) is 10.3 Å². The first-order valence-electron chi connectivity index (χ1n) is 16.5. The molecule has 1 aliphatic heterocycles. The number of rotatable bonds is 16. The molecule has 0 saturated carbocycles. The molecule has 0 bridgehead atoms. The number of nitrogens with zero attached hydrogens (tertiary/aromatic N) is 4. The number of hydrogen-bond donors (Lipinski definition) is 3. The molecule has 3 N–H and O–H groups in total. The van der Waals surface area contributed by atoms with E-state index >= 15 is 0 Å². The third kappa shape index (κ3) is 9.13. The number of nitrogens with one attached hydrogen (secondary N) is 1. The number of aromatic nitrogens is 1. The number of thiazole rings is 1. The fourth-order valence-corrected chi connectivity index (χ4v) is 8.35. The molecule has 0 aliphatic carbocycles. The van der Waals surface area contributed by atoms with Crippen LogP contribution in [0.25, 0.3) is 0 Å². The Morgan fingerprint density at radius 1 is 1.08 bits per heavy atom. The highest BCUT2D eigenvalue weighted by molar-refractivity contribution is 7.89. The van der Waals surface area contributed by atoms with Crippen molar-refractivity contribution in [3.8, 4) is 5.75 Å². The van der Waals surface area contributed by atoms with Gasteiger partial charge >= 0.3 is 6.03 Å². The number of carbonyl (C=O) groups excluding carboxylic acids is 2. The zero-order valence-electron chi connectivity index (χ0n) is 28.7. The summed E-state index contributed by atoms with van der Waals surface area (Å²) in [5, 5.41) is 27.8. The van der Waals surface area contributed by atoms with Gasteiger partial charge in [-0.1, -0.05) is 65.0 Å². The summed E-state index contributed by atoms with van der Waals surface area (Å²) in [5.41, 5.74) is 2.17. The van der Waals surface area contributed by atoms with Gasteiger partial charge in [-0.15, -0.1) is 11.3 Å². The summed E-state index contributed by atoms with van der Waals surface area (Å²) in [4.78, 5) is 35.4. The van der Waals surface area contributed by atoms with E-state index in [1.54, 1.807) is 9.80 Å². The summed E-state index contributed by atoms with van der Waals surface area (Å²) in [6.45, 7) is 12.4. The Morgan fingerprint density at radius 3 is 2.40 bits per heavy atom. The van der Waals surface area contributed by atoms with Crippen molar-refractivity contribution in [3.05, 3.63) is 75.7 Å². The maximum Gasteiger partial charge on any atom is 0.321 e. The molecule has 0 radical (unpaired) electrons. The number of carbonyl (C=O) groups is 2. The Labute approximate surface area is 288 Å². The summed E-state index contributed by atoms with van der Waals surface area (Å²) < 4.78 is 29.1. The van der Waals surface area contributed by atoms with Crippen LogP contribution in [0.3, 0.4) is 0 Å². The quantitative estimate of drug-likeness (QED) is 0.201. The van der Waals surface area contributed by atoms with Crippen LogP contribution in [-0.4, -0.2) is 94.0 Å². The smallest absolute Gasteiger partial charge is 0.321 e. The Bertz CT molecular complexity index is 1650. The van der Waals surface area contributed by atoms with Gasteiger partial charge < -0.3 is 25.3 Å². The number of benzene rings is 2. The molecule has 11 nitrogen and oxygen atoms in total. The van der Waals surface area contributed by atoms with E-state index in [9.17, 15) is 28.2 Å². The van der Waals surface area contributed by atoms with Gasteiger partial charge in [-0.2, -0.15) is 4.31 Å². The van der Waals surface area contributed by atoms with Crippen LogP contribution in [0, 0.1) is 18.8 Å². The maximum absolute atomic E-state index is 14.1. The minimum atomic E-state index is -4.07. The van der Waals surface area contributed by atoms with E-state index in [4.69, 9.17) is 0 Å². The Kier molecular flexibility index (Phi) is 12.6. The second-order valence-electron chi connectivity index (χ2n) is 13.2. The lowest BCUT2D eigenvalue weighted by Gasteiger charge is -2.34. The Hall–Kier alpha value is -3.52. The van der Waals surface area contributed by atoms with E-state index in [1.807, 2.05) is 77.3 Å². The van der Waals surface area contributed by atoms with Crippen LogP contribution in [0.15, 0.2) is 58.8 Å². The van der Waals surface area contributed by atoms with E-state index in [-0.39, 0.29) is 48.0 Å². The summed E-state index contributed by atoms with van der Waals surface area (Å²) in [5.74, 6) is -0.673. The molecular formula is C35H49N5O6S2. The number of aryl methyl sites for hydroxylation is 2. The molecule has 1 saturated heterocycles. The number of aliphatic hydroxyl groups is 1. The first kappa shape index (κ1) is 37.3. The van der Waals surface area contributed by atoms with Gasteiger partial charge in [-0.25, -0.2) is 18.2 Å². The Morgan fingerprint density at radius 2 is 1.79 bits per heavy atom. The SMILES string of the molecule is CCc1cc(S(=O)(=O)N(CC(C)C)C[C@@H](O)[C@H](Cc2ccccc2)NC(=O)C(C(C)C)N2CCN(Cc3csc(C)n3)C2=O)ccc1O. The second-order valence-corrected chi connectivity index (χ2v) is 16.2. The molecule has 4 rings (SSSR count). The lowest BCUT2D eigenvalue weighted by Crippen LogP contribution is -2.57. The van der Waals surface area contributed by atoms with Gasteiger partial charge in [-0.05, 0) is 60.9 Å². The number of urea groups is 1. The van der Waals surface area contributed by atoms with Crippen LogP contribution in [-0.2, 0) is 34.2 Å². The van der Waals surface area contributed by atoms with Crippen LogP contribution in [0.4, 0.5) is 4.79 Å². The van der Waals surface area contributed by atoms with Crippen molar-refractivity contribution in [2.24, 2.45) is 11.8 Å². The minimum Gasteiger partial charge on any atom is -0.508 e. The fraction of sp³-hybridized carbons (Fsp3) is 0.514. The van der Waals surface area contributed by atoms with Gasteiger partial charge in [0.1, 0.15) is 11.8 Å². The van der Waals surface area contributed by atoms with Crippen molar-refractivity contribution in [2.75, 3.05) is 26.2 Å². The topological polar surface area (TPSA) is 143 Å². The molecule has 1 aliphatic rings. The summed E-state index contributed by atoms with van der Waals surface area (Å²) in [7, 11) is -4.07.